The zero-order valence-electron chi connectivity index (χ0n) is 12.0. The third kappa shape index (κ3) is 3.12. The first kappa shape index (κ1) is 15.7. The van der Waals surface area contributed by atoms with Crippen LogP contribution in [0.5, 0.6) is 0 Å². The van der Waals surface area contributed by atoms with Crippen LogP contribution in [-0.2, 0) is 6.18 Å². The molecule has 0 aliphatic carbocycles. The zero-order chi connectivity index (χ0) is 17.2. The number of carbonyl (C=O) groups is 1. The van der Waals surface area contributed by atoms with Crippen molar-refractivity contribution in [1.82, 2.24) is 9.97 Å². The molecule has 3 aromatic rings. The van der Waals surface area contributed by atoms with Crippen LogP contribution in [0.25, 0.3) is 11.3 Å². The van der Waals surface area contributed by atoms with Crippen LogP contribution in [-0.4, -0.2) is 15.9 Å². The Morgan fingerprint density at radius 1 is 1.12 bits per heavy atom. The lowest BCUT2D eigenvalue weighted by Gasteiger charge is -2.11. The molecule has 0 fully saturated rings. The molecule has 0 aliphatic rings. The van der Waals surface area contributed by atoms with E-state index in [2.05, 4.69) is 15.3 Å². The fourth-order valence-corrected chi connectivity index (χ4v) is 2.13. The van der Waals surface area contributed by atoms with E-state index in [0.29, 0.717) is 11.3 Å². The minimum Gasteiger partial charge on any atom is -0.427 e. The van der Waals surface area contributed by atoms with E-state index in [-0.39, 0.29) is 5.88 Å². The first-order valence-electron chi connectivity index (χ1n) is 6.78. The summed E-state index contributed by atoms with van der Waals surface area (Å²) >= 11 is 0. The number of amides is 1. The van der Waals surface area contributed by atoms with E-state index in [1.165, 1.54) is 0 Å². The Morgan fingerprint density at radius 2 is 1.88 bits per heavy atom. The van der Waals surface area contributed by atoms with Crippen LogP contribution < -0.4 is 5.32 Å². The molecule has 2 aromatic heterocycles. The minimum atomic E-state index is -4.67. The van der Waals surface area contributed by atoms with E-state index in [9.17, 15) is 18.0 Å². The lowest BCUT2D eigenvalue weighted by atomic mass is 10.1. The smallest absolute Gasteiger partial charge is 0.417 e. The molecule has 0 saturated heterocycles. The van der Waals surface area contributed by atoms with E-state index >= 15 is 0 Å². The maximum absolute atomic E-state index is 13.0. The summed E-state index contributed by atoms with van der Waals surface area (Å²) in [4.78, 5) is 19.8. The molecule has 0 spiro atoms. The maximum atomic E-state index is 13.0. The van der Waals surface area contributed by atoms with Crippen molar-refractivity contribution >= 4 is 11.8 Å². The van der Waals surface area contributed by atoms with E-state index in [1.807, 2.05) is 0 Å². The Bertz CT molecular complexity index is 860. The van der Waals surface area contributed by atoms with Gasteiger partial charge in [0.05, 0.1) is 11.1 Å². The van der Waals surface area contributed by atoms with E-state index in [1.54, 1.807) is 30.3 Å². The van der Waals surface area contributed by atoms with E-state index in [4.69, 9.17) is 4.42 Å². The van der Waals surface area contributed by atoms with E-state index in [0.717, 1.165) is 24.9 Å². The number of alkyl halides is 3. The van der Waals surface area contributed by atoms with Gasteiger partial charge in [-0.15, -0.1) is 0 Å². The number of aromatic nitrogens is 2. The summed E-state index contributed by atoms with van der Waals surface area (Å²) in [6.45, 7) is 0. The van der Waals surface area contributed by atoms with Gasteiger partial charge in [-0.2, -0.15) is 13.2 Å². The van der Waals surface area contributed by atoms with Crippen molar-refractivity contribution in [3.05, 3.63) is 66.3 Å². The van der Waals surface area contributed by atoms with Crippen molar-refractivity contribution in [2.75, 3.05) is 5.32 Å². The molecule has 8 heteroatoms. The van der Waals surface area contributed by atoms with Gasteiger partial charge in [-0.05, 0) is 6.07 Å². The highest BCUT2D eigenvalue weighted by Gasteiger charge is 2.35. The summed E-state index contributed by atoms with van der Waals surface area (Å²) in [6.07, 6.45) is -1.73. The van der Waals surface area contributed by atoms with Crippen LogP contribution in [0.4, 0.5) is 19.1 Å². The number of nitrogens with one attached hydrogen (secondary N) is 1. The second-order valence-electron chi connectivity index (χ2n) is 4.77. The number of benzene rings is 1. The Hall–Kier alpha value is -3.16. The van der Waals surface area contributed by atoms with Crippen molar-refractivity contribution in [1.29, 1.82) is 0 Å². The number of pyridine rings is 1. The van der Waals surface area contributed by atoms with Crippen molar-refractivity contribution < 1.29 is 22.4 Å². The number of rotatable bonds is 3. The monoisotopic (exact) mass is 333 g/mol. The normalized spacial score (nSPS) is 11.3. The minimum absolute atomic E-state index is 0.0387. The van der Waals surface area contributed by atoms with Crippen molar-refractivity contribution in [2.45, 2.75) is 6.18 Å². The molecule has 2 heterocycles. The number of halogens is 3. The summed E-state index contributed by atoms with van der Waals surface area (Å²) < 4.78 is 44.1. The number of nitrogens with zero attached hydrogens (tertiary/aromatic N) is 2. The molecular formula is C16H10F3N3O2. The quantitative estimate of drug-likeness (QED) is 0.786. The fourth-order valence-electron chi connectivity index (χ4n) is 2.13. The molecule has 0 aliphatic heterocycles. The molecule has 3 rings (SSSR count). The topological polar surface area (TPSA) is 68.0 Å². The lowest BCUT2D eigenvalue weighted by Crippen LogP contribution is -2.19. The van der Waals surface area contributed by atoms with Crippen molar-refractivity contribution in [3.8, 4) is 11.3 Å². The van der Waals surface area contributed by atoms with Gasteiger partial charge in [0.15, 0.2) is 6.39 Å². The highest BCUT2D eigenvalue weighted by molar-refractivity contribution is 6.05. The Balaban J connectivity index is 1.92. The molecule has 122 valence electrons. The predicted octanol–water partition coefficient (Wildman–Crippen LogP) is 4.01. The van der Waals surface area contributed by atoms with Crippen molar-refractivity contribution in [3.63, 3.8) is 0 Å². The molecule has 1 aromatic carbocycles. The molecule has 0 saturated carbocycles. The molecule has 0 unspecified atom stereocenters. The van der Waals surface area contributed by atoms with Crippen LogP contribution >= 0.6 is 0 Å². The maximum Gasteiger partial charge on any atom is 0.417 e. The molecule has 1 N–H and O–H groups in total. The molecule has 0 radical (unpaired) electrons. The van der Waals surface area contributed by atoms with Gasteiger partial charge in [0.1, 0.15) is 5.69 Å². The molecule has 0 atom stereocenters. The van der Waals surface area contributed by atoms with Crippen LogP contribution in [0.3, 0.4) is 0 Å². The molecule has 1 amide bonds. The van der Waals surface area contributed by atoms with Gasteiger partial charge in [-0.3, -0.25) is 15.1 Å². The Labute approximate surface area is 134 Å². The van der Waals surface area contributed by atoms with Gasteiger partial charge < -0.3 is 4.42 Å². The molecule has 5 nitrogen and oxygen atoms in total. The van der Waals surface area contributed by atoms with Gasteiger partial charge in [-0.1, -0.05) is 30.3 Å². The molecule has 24 heavy (non-hydrogen) atoms. The fraction of sp³-hybridized carbons (Fsp3) is 0.0625. The number of oxazole rings is 1. The summed E-state index contributed by atoms with van der Waals surface area (Å²) in [5.74, 6) is -1.02. The molecular weight excluding hydrogens is 323 g/mol. The number of hydrogen-bond donors (Lipinski definition) is 1. The Morgan fingerprint density at radius 3 is 2.58 bits per heavy atom. The zero-order valence-corrected chi connectivity index (χ0v) is 12.0. The lowest BCUT2D eigenvalue weighted by molar-refractivity contribution is -0.138. The number of hydrogen-bond acceptors (Lipinski definition) is 4. The molecule has 0 bridgehead atoms. The first-order valence-corrected chi connectivity index (χ1v) is 6.78. The highest BCUT2D eigenvalue weighted by Crippen LogP contribution is 2.32. The predicted molar refractivity (Wildman–Crippen MR) is 79.1 cm³/mol. The average molecular weight is 333 g/mol. The van der Waals surface area contributed by atoms with Gasteiger partial charge in [0, 0.05) is 18.0 Å². The largest absolute Gasteiger partial charge is 0.427 e. The van der Waals surface area contributed by atoms with Gasteiger partial charge >= 0.3 is 6.18 Å². The van der Waals surface area contributed by atoms with Crippen LogP contribution in [0, 0.1) is 0 Å². The van der Waals surface area contributed by atoms with Gasteiger partial charge in [0.2, 0.25) is 5.88 Å². The third-order valence-corrected chi connectivity index (χ3v) is 3.21. The summed E-state index contributed by atoms with van der Waals surface area (Å²) in [5.41, 5.74) is -0.693. The summed E-state index contributed by atoms with van der Waals surface area (Å²) in [6, 6.07) is 9.54. The summed E-state index contributed by atoms with van der Waals surface area (Å²) in [5, 5.41) is 2.31. The first-order chi connectivity index (χ1) is 11.5. The van der Waals surface area contributed by atoms with Crippen molar-refractivity contribution in [2.24, 2.45) is 0 Å². The summed E-state index contributed by atoms with van der Waals surface area (Å²) in [7, 11) is 0. The number of anilines is 1. The van der Waals surface area contributed by atoms with E-state index < -0.39 is 23.2 Å². The van der Waals surface area contributed by atoms with Gasteiger partial charge in [0.25, 0.3) is 5.91 Å². The highest BCUT2D eigenvalue weighted by atomic mass is 19.4. The van der Waals surface area contributed by atoms with Crippen LogP contribution in [0.15, 0.2) is 59.6 Å². The SMILES string of the molecule is O=C(Nc1ocnc1-c1ccccc1)c1cnccc1C(F)(F)F. The Kier molecular flexibility index (Phi) is 4.03. The average Bonchev–Trinajstić information content (AvgIpc) is 3.03. The standard InChI is InChI=1S/C16H10F3N3O2/c17-16(18,19)12-6-7-20-8-11(12)14(23)22-15-13(21-9-24-15)10-4-2-1-3-5-10/h1-9H,(H,22,23). The third-order valence-electron chi connectivity index (χ3n) is 3.21. The van der Waals surface area contributed by atoms with Crippen LogP contribution in [0.1, 0.15) is 15.9 Å². The number of carbonyl (C=O) groups excluding carboxylic acids is 1. The second kappa shape index (κ2) is 6.15. The second-order valence-corrected chi connectivity index (χ2v) is 4.77. The van der Waals surface area contributed by atoms with Crippen LogP contribution in [0.2, 0.25) is 0 Å². The van der Waals surface area contributed by atoms with Gasteiger partial charge in [-0.25, -0.2) is 4.98 Å².